The third-order valence-corrected chi connectivity index (χ3v) is 4.68. The van der Waals surface area contributed by atoms with Crippen LogP contribution in [0.5, 0.6) is 0 Å². The molecule has 0 spiro atoms. The molecule has 2 aromatic rings. The second kappa shape index (κ2) is 5.84. The van der Waals surface area contributed by atoms with E-state index in [1.165, 1.54) is 29.8 Å². The van der Waals surface area contributed by atoms with Crippen LogP contribution in [0.4, 0.5) is 5.13 Å². The van der Waals surface area contributed by atoms with Gasteiger partial charge in [0.05, 0.1) is 11.9 Å². The third kappa shape index (κ3) is 3.22. The molecule has 0 atom stereocenters. The van der Waals surface area contributed by atoms with Gasteiger partial charge in [0, 0.05) is 9.35 Å². The van der Waals surface area contributed by atoms with Crippen LogP contribution in [0.2, 0.25) is 0 Å². The van der Waals surface area contributed by atoms with Crippen LogP contribution in [-0.2, 0) is 12.8 Å². The number of nitrogens with one attached hydrogen (secondary N) is 1. The van der Waals surface area contributed by atoms with E-state index in [9.17, 15) is 0 Å². The van der Waals surface area contributed by atoms with Gasteiger partial charge in [0.25, 0.3) is 0 Å². The first-order valence-electron chi connectivity index (χ1n) is 6.34. The molecule has 0 amide bonds. The van der Waals surface area contributed by atoms with E-state index in [-0.39, 0.29) is 0 Å². The van der Waals surface area contributed by atoms with Crippen LogP contribution in [-0.4, -0.2) is 11.2 Å². The maximum absolute atomic E-state index is 4.58. The average molecular weight is 336 g/mol. The first-order chi connectivity index (χ1) is 9.31. The van der Waals surface area contributed by atoms with Crippen LogP contribution in [0.25, 0.3) is 0 Å². The van der Waals surface area contributed by atoms with Gasteiger partial charge in [-0.05, 0) is 43.4 Å². The van der Waals surface area contributed by atoms with E-state index in [4.69, 9.17) is 0 Å². The van der Waals surface area contributed by atoms with Crippen molar-refractivity contribution < 1.29 is 0 Å². The maximum atomic E-state index is 4.58. The fraction of sp³-hybridized carbons (Fsp3) is 0.286. The van der Waals surface area contributed by atoms with Crippen molar-refractivity contribution in [3.8, 4) is 0 Å². The number of halogens is 1. The van der Waals surface area contributed by atoms with E-state index in [2.05, 4.69) is 31.4 Å². The van der Waals surface area contributed by atoms with Crippen LogP contribution in [0.1, 0.15) is 29.0 Å². The Morgan fingerprint density at radius 3 is 2.79 bits per heavy atom. The molecule has 0 radical (unpaired) electrons. The Balaban J connectivity index is 1.65. The van der Waals surface area contributed by atoms with Gasteiger partial charge in [-0.1, -0.05) is 28.1 Å². The van der Waals surface area contributed by atoms with Crippen molar-refractivity contribution in [2.24, 2.45) is 5.10 Å². The summed E-state index contributed by atoms with van der Waals surface area (Å²) >= 11 is 5.14. The van der Waals surface area contributed by atoms with Crippen LogP contribution in [0.3, 0.4) is 0 Å². The van der Waals surface area contributed by atoms with Crippen molar-refractivity contribution in [1.82, 2.24) is 4.98 Å². The molecular weight excluding hydrogens is 322 g/mol. The Morgan fingerprint density at radius 1 is 1.21 bits per heavy atom. The first-order valence-corrected chi connectivity index (χ1v) is 7.95. The normalized spacial score (nSPS) is 14.6. The topological polar surface area (TPSA) is 37.3 Å². The number of aryl methyl sites for hydroxylation is 2. The zero-order valence-electron chi connectivity index (χ0n) is 10.4. The largest absolute Gasteiger partial charge is 0.253 e. The van der Waals surface area contributed by atoms with Gasteiger partial charge in [-0.25, -0.2) is 4.98 Å². The van der Waals surface area contributed by atoms with E-state index >= 15 is 0 Å². The highest BCUT2D eigenvalue weighted by atomic mass is 79.9. The number of aromatic nitrogens is 1. The summed E-state index contributed by atoms with van der Waals surface area (Å²) in [6.07, 6.45) is 6.65. The summed E-state index contributed by atoms with van der Waals surface area (Å²) in [5, 5.41) is 5.15. The van der Waals surface area contributed by atoms with E-state index in [1.807, 2.05) is 30.5 Å². The van der Waals surface area contributed by atoms with Gasteiger partial charge in [-0.3, -0.25) is 5.43 Å². The maximum Gasteiger partial charge on any atom is 0.203 e. The molecule has 0 saturated heterocycles. The molecule has 3 rings (SSSR count). The lowest BCUT2D eigenvalue weighted by molar-refractivity contribution is 0.682. The molecule has 1 aliphatic carbocycles. The molecule has 0 aliphatic heterocycles. The van der Waals surface area contributed by atoms with Crippen molar-refractivity contribution in [1.29, 1.82) is 0 Å². The van der Waals surface area contributed by atoms with Crippen molar-refractivity contribution in [2.75, 3.05) is 5.43 Å². The van der Waals surface area contributed by atoms with Crippen molar-refractivity contribution in [3.05, 3.63) is 44.9 Å². The fourth-order valence-corrected chi connectivity index (χ4v) is 3.37. The molecule has 1 aliphatic rings. The second-order valence-electron chi connectivity index (χ2n) is 4.52. The number of fused-ring (bicyclic) bond motifs is 1. The van der Waals surface area contributed by atoms with Gasteiger partial charge in [0.2, 0.25) is 5.13 Å². The van der Waals surface area contributed by atoms with E-state index < -0.39 is 0 Å². The summed E-state index contributed by atoms with van der Waals surface area (Å²) in [6, 6.07) is 8.04. The molecule has 98 valence electrons. The number of benzene rings is 1. The molecule has 0 saturated carbocycles. The molecule has 0 fully saturated rings. The number of hydrogen-bond acceptors (Lipinski definition) is 4. The predicted octanol–water partition coefficient (Wildman–Crippen LogP) is 4.23. The Kier molecular flexibility index (Phi) is 3.94. The summed E-state index contributed by atoms with van der Waals surface area (Å²) in [4.78, 5) is 6.01. The van der Waals surface area contributed by atoms with E-state index in [0.29, 0.717) is 0 Å². The molecule has 1 N–H and O–H groups in total. The highest BCUT2D eigenvalue weighted by Crippen LogP contribution is 2.29. The Bertz CT molecular complexity index is 566. The molecule has 19 heavy (non-hydrogen) atoms. The molecule has 0 bridgehead atoms. The minimum Gasteiger partial charge on any atom is -0.253 e. The second-order valence-corrected chi connectivity index (χ2v) is 6.52. The number of anilines is 1. The highest BCUT2D eigenvalue weighted by molar-refractivity contribution is 9.10. The number of hydrazone groups is 1. The van der Waals surface area contributed by atoms with Crippen LogP contribution in [0.15, 0.2) is 33.8 Å². The lowest BCUT2D eigenvalue weighted by Gasteiger charge is -2.06. The summed E-state index contributed by atoms with van der Waals surface area (Å²) in [5.41, 5.74) is 5.36. The lowest BCUT2D eigenvalue weighted by atomic mass is 10.0. The van der Waals surface area contributed by atoms with Gasteiger partial charge in [0.1, 0.15) is 0 Å². The molecule has 0 unspecified atom stereocenters. The van der Waals surface area contributed by atoms with Gasteiger partial charge in [0.15, 0.2) is 0 Å². The monoisotopic (exact) mass is 335 g/mol. The highest BCUT2D eigenvalue weighted by Gasteiger charge is 2.14. The van der Waals surface area contributed by atoms with E-state index in [0.717, 1.165) is 21.6 Å². The summed E-state index contributed by atoms with van der Waals surface area (Å²) in [6.45, 7) is 0. The predicted molar refractivity (Wildman–Crippen MR) is 84.1 cm³/mol. The summed E-state index contributed by atoms with van der Waals surface area (Å²) in [7, 11) is 0. The average Bonchev–Trinajstić information content (AvgIpc) is 2.83. The molecule has 5 heteroatoms. The molecule has 1 aromatic heterocycles. The number of rotatable bonds is 3. The quantitative estimate of drug-likeness (QED) is 0.673. The smallest absolute Gasteiger partial charge is 0.203 e. The number of thiazole rings is 1. The standard InChI is InChI=1S/C14H14BrN3S/c15-11-7-5-10(6-8-11)9-16-18-14-17-12-3-1-2-4-13(12)19-14/h5-9H,1-4H2,(H,17,18)/b16-9+. The van der Waals surface area contributed by atoms with Crippen LogP contribution in [0, 0.1) is 0 Å². The van der Waals surface area contributed by atoms with Crippen molar-refractivity contribution in [3.63, 3.8) is 0 Å². The van der Waals surface area contributed by atoms with Crippen molar-refractivity contribution in [2.45, 2.75) is 25.7 Å². The van der Waals surface area contributed by atoms with Gasteiger partial charge in [-0.2, -0.15) is 5.10 Å². The van der Waals surface area contributed by atoms with Crippen LogP contribution >= 0.6 is 27.3 Å². The number of nitrogens with zero attached hydrogens (tertiary/aromatic N) is 2. The molecule has 3 nitrogen and oxygen atoms in total. The fourth-order valence-electron chi connectivity index (χ4n) is 2.11. The zero-order valence-corrected chi connectivity index (χ0v) is 12.8. The zero-order chi connectivity index (χ0) is 13.1. The van der Waals surface area contributed by atoms with Gasteiger partial charge >= 0.3 is 0 Å². The third-order valence-electron chi connectivity index (χ3n) is 3.09. The van der Waals surface area contributed by atoms with Gasteiger partial charge < -0.3 is 0 Å². The number of hydrogen-bond donors (Lipinski definition) is 1. The van der Waals surface area contributed by atoms with Crippen molar-refractivity contribution >= 4 is 38.6 Å². The van der Waals surface area contributed by atoms with Gasteiger partial charge in [-0.15, -0.1) is 11.3 Å². The molecule has 1 heterocycles. The molecular formula is C14H14BrN3S. The molecule has 1 aromatic carbocycles. The minimum absolute atomic E-state index is 0.903. The summed E-state index contributed by atoms with van der Waals surface area (Å²) < 4.78 is 1.07. The van der Waals surface area contributed by atoms with E-state index in [1.54, 1.807) is 11.3 Å². The lowest BCUT2D eigenvalue weighted by Crippen LogP contribution is -1.99. The van der Waals surface area contributed by atoms with Crippen LogP contribution < -0.4 is 5.43 Å². The summed E-state index contributed by atoms with van der Waals surface area (Å²) in [5.74, 6) is 0. The Labute approximate surface area is 124 Å². The first kappa shape index (κ1) is 12.8. The Morgan fingerprint density at radius 2 is 2.00 bits per heavy atom. The Hall–Kier alpha value is -1.20. The SMILES string of the molecule is Brc1ccc(/C=N/Nc2nc3c(s2)CCCC3)cc1. The minimum atomic E-state index is 0.903.